The number of hydrogen-bond donors (Lipinski definition) is 1. The lowest BCUT2D eigenvalue weighted by molar-refractivity contribution is -0.116. The SMILES string of the molecule is Cc1ccc(OCCCC(=O)Nc2cc(Cl)ccc2C)c(Br)c1. The number of carbonyl (C=O) groups is 1. The predicted molar refractivity (Wildman–Crippen MR) is 98.4 cm³/mol. The third kappa shape index (κ3) is 5.56. The number of rotatable bonds is 6. The molecule has 0 bridgehead atoms. The molecule has 0 radical (unpaired) electrons. The van der Waals surface area contributed by atoms with Crippen LogP contribution < -0.4 is 10.1 Å². The highest BCUT2D eigenvalue weighted by Gasteiger charge is 2.06. The van der Waals surface area contributed by atoms with Crippen molar-refractivity contribution in [3.05, 3.63) is 57.0 Å². The third-order valence-corrected chi connectivity index (χ3v) is 4.22. The highest BCUT2D eigenvalue weighted by Crippen LogP contribution is 2.26. The van der Waals surface area contributed by atoms with Crippen LogP contribution >= 0.6 is 27.5 Å². The molecule has 122 valence electrons. The summed E-state index contributed by atoms with van der Waals surface area (Å²) >= 11 is 9.42. The first-order valence-electron chi connectivity index (χ1n) is 7.40. The number of anilines is 1. The number of halogens is 2. The maximum Gasteiger partial charge on any atom is 0.224 e. The summed E-state index contributed by atoms with van der Waals surface area (Å²) in [4.78, 5) is 12.0. The van der Waals surface area contributed by atoms with Crippen LogP contribution in [0.25, 0.3) is 0 Å². The number of carbonyl (C=O) groups excluding carboxylic acids is 1. The Morgan fingerprint density at radius 2 is 2.00 bits per heavy atom. The van der Waals surface area contributed by atoms with E-state index in [4.69, 9.17) is 16.3 Å². The summed E-state index contributed by atoms with van der Waals surface area (Å²) in [6, 6.07) is 11.4. The van der Waals surface area contributed by atoms with Crippen molar-refractivity contribution >= 4 is 39.1 Å². The number of amides is 1. The van der Waals surface area contributed by atoms with E-state index in [9.17, 15) is 4.79 Å². The largest absolute Gasteiger partial charge is 0.492 e. The second kappa shape index (κ2) is 8.37. The van der Waals surface area contributed by atoms with Crippen molar-refractivity contribution in [1.82, 2.24) is 0 Å². The highest BCUT2D eigenvalue weighted by molar-refractivity contribution is 9.10. The van der Waals surface area contributed by atoms with Crippen LogP contribution in [-0.2, 0) is 4.79 Å². The molecular weight excluding hydrogens is 378 g/mol. The van der Waals surface area contributed by atoms with Crippen molar-refractivity contribution in [1.29, 1.82) is 0 Å². The van der Waals surface area contributed by atoms with Crippen molar-refractivity contribution in [2.45, 2.75) is 26.7 Å². The lowest BCUT2D eigenvalue weighted by Crippen LogP contribution is -2.13. The first-order valence-corrected chi connectivity index (χ1v) is 8.58. The molecule has 0 aliphatic carbocycles. The summed E-state index contributed by atoms with van der Waals surface area (Å²) in [5, 5.41) is 3.49. The molecular formula is C18H19BrClNO2. The summed E-state index contributed by atoms with van der Waals surface area (Å²) in [5.74, 6) is 0.753. The van der Waals surface area contributed by atoms with E-state index in [1.807, 2.05) is 38.1 Å². The molecule has 0 aromatic heterocycles. The van der Waals surface area contributed by atoms with Gasteiger partial charge in [0.05, 0.1) is 11.1 Å². The molecule has 0 fully saturated rings. The minimum absolute atomic E-state index is 0.0399. The third-order valence-electron chi connectivity index (χ3n) is 3.37. The average molecular weight is 397 g/mol. The van der Waals surface area contributed by atoms with Gasteiger partial charge in [0.1, 0.15) is 5.75 Å². The van der Waals surface area contributed by atoms with E-state index < -0.39 is 0 Å². The fourth-order valence-corrected chi connectivity index (χ4v) is 2.86. The zero-order valence-corrected chi connectivity index (χ0v) is 15.5. The second-order valence-corrected chi connectivity index (χ2v) is 6.68. The van der Waals surface area contributed by atoms with E-state index >= 15 is 0 Å². The summed E-state index contributed by atoms with van der Waals surface area (Å²) < 4.78 is 6.61. The van der Waals surface area contributed by atoms with Gasteiger partial charge >= 0.3 is 0 Å². The standard InChI is InChI=1S/C18H19BrClNO2/c1-12-5-8-17(15(19)10-12)23-9-3-4-18(22)21-16-11-14(20)7-6-13(16)2/h5-8,10-11H,3-4,9H2,1-2H3,(H,21,22). The minimum Gasteiger partial charge on any atom is -0.492 e. The van der Waals surface area contributed by atoms with Crippen LogP contribution in [0.4, 0.5) is 5.69 Å². The predicted octanol–water partition coefficient (Wildman–Crippen LogP) is 5.52. The molecule has 5 heteroatoms. The van der Waals surface area contributed by atoms with Crippen LogP contribution in [0.1, 0.15) is 24.0 Å². The second-order valence-electron chi connectivity index (χ2n) is 5.39. The fraction of sp³-hybridized carbons (Fsp3) is 0.278. The molecule has 0 spiro atoms. The fourth-order valence-electron chi connectivity index (χ4n) is 2.08. The first-order chi connectivity index (χ1) is 11.0. The van der Waals surface area contributed by atoms with Crippen LogP contribution in [0.3, 0.4) is 0 Å². The maximum atomic E-state index is 12.0. The van der Waals surface area contributed by atoms with Gasteiger partial charge in [-0.2, -0.15) is 0 Å². The van der Waals surface area contributed by atoms with E-state index in [1.54, 1.807) is 12.1 Å². The summed E-state index contributed by atoms with van der Waals surface area (Å²) in [6.45, 7) is 4.45. The van der Waals surface area contributed by atoms with Gasteiger partial charge in [-0.1, -0.05) is 23.7 Å². The Hall–Kier alpha value is -1.52. The van der Waals surface area contributed by atoms with Crippen LogP contribution in [0, 0.1) is 13.8 Å². The number of nitrogens with one attached hydrogen (secondary N) is 1. The summed E-state index contributed by atoms with van der Waals surface area (Å²) in [5.41, 5.74) is 2.91. The Morgan fingerprint density at radius 1 is 1.22 bits per heavy atom. The number of ether oxygens (including phenoxy) is 1. The van der Waals surface area contributed by atoms with Gasteiger partial charge in [-0.05, 0) is 71.6 Å². The van der Waals surface area contributed by atoms with E-state index in [2.05, 4.69) is 21.2 Å². The number of benzene rings is 2. The van der Waals surface area contributed by atoms with Gasteiger partial charge in [-0.25, -0.2) is 0 Å². The van der Waals surface area contributed by atoms with Gasteiger partial charge in [0, 0.05) is 17.1 Å². The smallest absolute Gasteiger partial charge is 0.224 e. The molecule has 0 atom stereocenters. The lowest BCUT2D eigenvalue weighted by atomic mass is 10.2. The zero-order valence-electron chi connectivity index (χ0n) is 13.2. The summed E-state index contributed by atoms with van der Waals surface area (Å²) in [7, 11) is 0. The molecule has 2 aromatic rings. The first kappa shape index (κ1) is 17.8. The molecule has 0 unspecified atom stereocenters. The van der Waals surface area contributed by atoms with Crippen LogP contribution in [0.5, 0.6) is 5.75 Å². The molecule has 1 amide bonds. The van der Waals surface area contributed by atoms with Gasteiger partial charge in [0.15, 0.2) is 0 Å². The van der Waals surface area contributed by atoms with Crippen molar-refractivity contribution < 1.29 is 9.53 Å². The lowest BCUT2D eigenvalue weighted by Gasteiger charge is -2.10. The molecule has 0 saturated carbocycles. The normalized spacial score (nSPS) is 10.4. The molecule has 0 heterocycles. The molecule has 3 nitrogen and oxygen atoms in total. The number of aryl methyl sites for hydroxylation is 2. The van der Waals surface area contributed by atoms with E-state index in [-0.39, 0.29) is 5.91 Å². The molecule has 0 saturated heterocycles. The molecule has 23 heavy (non-hydrogen) atoms. The Bertz CT molecular complexity index is 703. The van der Waals surface area contributed by atoms with E-state index in [0.29, 0.717) is 24.5 Å². The molecule has 2 rings (SSSR count). The van der Waals surface area contributed by atoms with Crippen LogP contribution in [0.2, 0.25) is 5.02 Å². The van der Waals surface area contributed by atoms with Gasteiger partial charge < -0.3 is 10.1 Å². The van der Waals surface area contributed by atoms with Crippen LogP contribution in [0.15, 0.2) is 40.9 Å². The Labute approximate surface area is 150 Å². The highest BCUT2D eigenvalue weighted by atomic mass is 79.9. The van der Waals surface area contributed by atoms with Crippen molar-refractivity contribution in [2.75, 3.05) is 11.9 Å². The monoisotopic (exact) mass is 395 g/mol. The quantitative estimate of drug-likeness (QED) is 0.653. The van der Waals surface area contributed by atoms with Gasteiger partial charge in [0.2, 0.25) is 5.91 Å². The molecule has 1 N–H and O–H groups in total. The van der Waals surface area contributed by atoms with E-state index in [1.165, 1.54) is 5.56 Å². The van der Waals surface area contributed by atoms with Crippen molar-refractivity contribution in [2.24, 2.45) is 0 Å². The average Bonchev–Trinajstić information content (AvgIpc) is 2.49. The minimum atomic E-state index is -0.0399. The van der Waals surface area contributed by atoms with Gasteiger partial charge in [-0.15, -0.1) is 0 Å². The Balaban J connectivity index is 1.77. The maximum absolute atomic E-state index is 12.0. The topological polar surface area (TPSA) is 38.3 Å². The summed E-state index contributed by atoms with van der Waals surface area (Å²) in [6.07, 6.45) is 1.04. The molecule has 2 aromatic carbocycles. The van der Waals surface area contributed by atoms with Crippen molar-refractivity contribution in [3.8, 4) is 5.75 Å². The van der Waals surface area contributed by atoms with Crippen LogP contribution in [-0.4, -0.2) is 12.5 Å². The van der Waals surface area contributed by atoms with E-state index in [0.717, 1.165) is 21.5 Å². The van der Waals surface area contributed by atoms with Crippen molar-refractivity contribution in [3.63, 3.8) is 0 Å². The number of hydrogen-bond acceptors (Lipinski definition) is 2. The zero-order chi connectivity index (χ0) is 16.8. The Kier molecular flexibility index (Phi) is 6.48. The van der Waals surface area contributed by atoms with Gasteiger partial charge in [-0.3, -0.25) is 4.79 Å². The molecule has 0 aliphatic heterocycles. The Morgan fingerprint density at radius 3 is 2.74 bits per heavy atom. The van der Waals surface area contributed by atoms with Gasteiger partial charge in [0.25, 0.3) is 0 Å². The molecule has 0 aliphatic rings.